The van der Waals surface area contributed by atoms with Crippen LogP contribution in [-0.4, -0.2) is 61.9 Å². The van der Waals surface area contributed by atoms with Gasteiger partial charge < -0.3 is 37.9 Å². The van der Waals surface area contributed by atoms with E-state index in [-0.39, 0.29) is 5.69 Å². The van der Waals surface area contributed by atoms with Gasteiger partial charge in [-0.25, -0.2) is 4.98 Å². The largest absolute Gasteiger partial charge is 0.497 e. The van der Waals surface area contributed by atoms with Gasteiger partial charge in [-0.2, -0.15) is 13.2 Å². The van der Waals surface area contributed by atoms with E-state index in [1.807, 2.05) is 0 Å². The van der Waals surface area contributed by atoms with Crippen LogP contribution in [0.2, 0.25) is 0 Å². The molecule has 0 aliphatic rings. The Morgan fingerprint density at radius 1 is 0.379 bits per heavy atom. The van der Waals surface area contributed by atoms with E-state index in [0.29, 0.717) is 84.9 Å². The second-order valence-electron chi connectivity index (χ2n) is 11.8. The quantitative estimate of drug-likeness (QED) is 0.147. The number of pyridine rings is 1. The first kappa shape index (κ1) is 41.6. The van der Waals surface area contributed by atoms with Gasteiger partial charge in [0.1, 0.15) is 51.7 Å². The predicted octanol–water partition coefficient (Wildman–Crippen LogP) is 7.77. The molecule has 5 aromatic rings. The third kappa shape index (κ3) is 9.81. The van der Waals surface area contributed by atoms with Crippen molar-refractivity contribution in [1.29, 1.82) is 0 Å². The van der Waals surface area contributed by atoms with Crippen molar-refractivity contribution in [2.75, 3.05) is 56.9 Å². The normalized spacial score (nSPS) is 10.1. The van der Waals surface area contributed by atoms with Crippen molar-refractivity contribution < 1.29 is 51.1 Å². The highest BCUT2D eigenvalue weighted by Gasteiger charge is 2.30. The van der Waals surface area contributed by atoms with Crippen molar-refractivity contribution in [2.24, 2.45) is 0 Å². The molecule has 0 aliphatic heterocycles. The molecule has 9 nitrogen and oxygen atoms in total. The number of nitrogens with zero attached hydrogens (tertiary/aromatic N) is 1. The minimum absolute atomic E-state index is 0.150. The van der Waals surface area contributed by atoms with E-state index in [0.717, 1.165) is 12.3 Å². The number of halogens is 3. The first-order valence-corrected chi connectivity index (χ1v) is 17.1. The molecule has 58 heavy (non-hydrogen) atoms. The molecular formula is C46H36F3NO8. The zero-order valence-electron chi connectivity index (χ0n) is 32.8. The van der Waals surface area contributed by atoms with Gasteiger partial charge in [-0.15, -0.1) is 0 Å². The van der Waals surface area contributed by atoms with Gasteiger partial charge in [0.2, 0.25) is 0 Å². The topological polar surface area (TPSA) is 86.7 Å². The Kier molecular flexibility index (Phi) is 13.5. The second kappa shape index (κ2) is 18.9. The molecule has 0 amide bonds. The van der Waals surface area contributed by atoms with Gasteiger partial charge >= 0.3 is 6.18 Å². The molecule has 0 fully saturated rings. The number of alkyl halides is 3. The van der Waals surface area contributed by atoms with Gasteiger partial charge in [0.25, 0.3) is 0 Å². The summed E-state index contributed by atoms with van der Waals surface area (Å²) in [4.78, 5) is 3.80. The Hall–Kier alpha value is -7.54. The highest BCUT2D eigenvalue weighted by Crippen LogP contribution is 2.33. The SMILES string of the molecule is COc1ccc(OC)c(C#Cc2cc(OC)c(C#Cc3cc(OC)c(C#Cc4cc(OC)c(C#Cc5ccc(C(F)(F)F)cn5)cc4OC)cc3OC)cc2OC)c1. The first-order chi connectivity index (χ1) is 28.0. The zero-order chi connectivity index (χ0) is 41.8. The summed E-state index contributed by atoms with van der Waals surface area (Å²) in [5.74, 6) is 28.2. The molecule has 4 aromatic carbocycles. The zero-order valence-corrected chi connectivity index (χ0v) is 32.8. The summed E-state index contributed by atoms with van der Waals surface area (Å²) in [5, 5.41) is 0. The minimum Gasteiger partial charge on any atom is -0.497 e. The van der Waals surface area contributed by atoms with Crippen LogP contribution in [0.1, 0.15) is 50.2 Å². The minimum atomic E-state index is -4.50. The van der Waals surface area contributed by atoms with E-state index in [1.165, 1.54) is 34.5 Å². The molecule has 12 heteroatoms. The van der Waals surface area contributed by atoms with E-state index < -0.39 is 11.7 Å². The highest BCUT2D eigenvalue weighted by molar-refractivity contribution is 5.66. The molecule has 1 heterocycles. The van der Waals surface area contributed by atoms with E-state index >= 15 is 0 Å². The fraction of sp³-hybridized carbons (Fsp3) is 0.196. The number of ether oxygens (including phenoxy) is 8. The maximum Gasteiger partial charge on any atom is 0.417 e. The molecule has 294 valence electrons. The summed E-state index contributed by atoms with van der Waals surface area (Å²) in [6.45, 7) is 0. The van der Waals surface area contributed by atoms with Crippen LogP contribution in [0.5, 0.6) is 46.0 Å². The average molecular weight is 788 g/mol. The Labute approximate surface area is 334 Å². The van der Waals surface area contributed by atoms with Crippen molar-refractivity contribution >= 4 is 0 Å². The lowest BCUT2D eigenvalue weighted by Crippen LogP contribution is -2.05. The standard InChI is InChI=1S/C46H36F3NO8/c1-51-38-19-20-39(52-2)29(21-38)9-10-30-22-41(54-4)31(23-40(30)53-3)11-12-32-24-43(56-6)33(25-42(32)55-5)13-14-34-26-45(58-8)35(27-44(34)57-7)15-17-37-18-16-36(28-50-37)46(47,48)49/h16,18-28H,1-8H3. The first-order valence-electron chi connectivity index (χ1n) is 17.1. The molecule has 0 N–H and O–H groups in total. The molecule has 1 aromatic heterocycles. The molecule has 0 saturated heterocycles. The summed E-state index contributed by atoms with van der Waals surface area (Å²) in [5.41, 5.74) is 2.94. The van der Waals surface area contributed by atoms with Crippen LogP contribution in [0, 0.1) is 47.4 Å². The summed E-state index contributed by atoms with van der Waals surface area (Å²) >= 11 is 0. The molecule has 0 aliphatic carbocycles. The Morgan fingerprint density at radius 3 is 0.983 bits per heavy atom. The van der Waals surface area contributed by atoms with Crippen LogP contribution < -0.4 is 37.9 Å². The van der Waals surface area contributed by atoms with Crippen LogP contribution in [-0.2, 0) is 6.18 Å². The maximum atomic E-state index is 12.9. The van der Waals surface area contributed by atoms with Crippen LogP contribution in [0.15, 0.2) is 72.9 Å². The van der Waals surface area contributed by atoms with Crippen molar-refractivity contribution in [2.45, 2.75) is 6.18 Å². The summed E-state index contributed by atoms with van der Waals surface area (Å²) in [6.07, 6.45) is -3.76. The number of benzene rings is 4. The number of rotatable bonds is 8. The van der Waals surface area contributed by atoms with Crippen LogP contribution in [0.25, 0.3) is 0 Å². The molecular weight excluding hydrogens is 751 g/mol. The van der Waals surface area contributed by atoms with Gasteiger partial charge in [-0.05, 0) is 36.3 Å². The number of hydrogen-bond donors (Lipinski definition) is 0. The number of hydrogen-bond acceptors (Lipinski definition) is 9. The van der Waals surface area contributed by atoms with Gasteiger partial charge in [0.15, 0.2) is 0 Å². The lowest BCUT2D eigenvalue weighted by Gasteiger charge is -2.11. The molecule has 0 atom stereocenters. The smallest absolute Gasteiger partial charge is 0.417 e. The van der Waals surface area contributed by atoms with Crippen LogP contribution >= 0.6 is 0 Å². The van der Waals surface area contributed by atoms with Crippen molar-refractivity contribution in [3.8, 4) is 93.4 Å². The van der Waals surface area contributed by atoms with E-state index in [4.69, 9.17) is 37.9 Å². The molecule has 0 bridgehead atoms. The third-order valence-corrected chi connectivity index (χ3v) is 8.38. The number of aromatic nitrogens is 1. The van der Waals surface area contributed by atoms with Crippen molar-refractivity contribution in [3.05, 3.63) is 123 Å². The maximum absolute atomic E-state index is 12.9. The fourth-order valence-electron chi connectivity index (χ4n) is 5.36. The Morgan fingerprint density at radius 2 is 0.707 bits per heavy atom. The van der Waals surface area contributed by atoms with Crippen molar-refractivity contribution in [1.82, 2.24) is 4.98 Å². The van der Waals surface area contributed by atoms with Gasteiger partial charge in [-0.1, -0.05) is 41.4 Å². The van der Waals surface area contributed by atoms with E-state index in [1.54, 1.807) is 83.0 Å². The van der Waals surface area contributed by atoms with Crippen molar-refractivity contribution in [3.63, 3.8) is 0 Å². The monoisotopic (exact) mass is 787 g/mol. The molecule has 0 spiro atoms. The van der Waals surface area contributed by atoms with Gasteiger partial charge in [0.05, 0.1) is 101 Å². The summed E-state index contributed by atoms with van der Waals surface area (Å²) < 4.78 is 83.5. The highest BCUT2D eigenvalue weighted by atomic mass is 19.4. The third-order valence-electron chi connectivity index (χ3n) is 8.38. The Bertz CT molecular complexity index is 2570. The molecule has 0 radical (unpaired) electrons. The Balaban J connectivity index is 1.46. The fourth-order valence-corrected chi connectivity index (χ4v) is 5.36. The van der Waals surface area contributed by atoms with Gasteiger partial charge in [-0.3, -0.25) is 0 Å². The predicted molar refractivity (Wildman–Crippen MR) is 211 cm³/mol. The lowest BCUT2D eigenvalue weighted by atomic mass is 10.1. The molecule has 0 saturated carbocycles. The van der Waals surface area contributed by atoms with E-state index in [2.05, 4.69) is 52.3 Å². The summed E-state index contributed by atoms with van der Waals surface area (Å²) in [6, 6.07) is 17.7. The summed E-state index contributed by atoms with van der Waals surface area (Å²) in [7, 11) is 12.2. The van der Waals surface area contributed by atoms with Gasteiger partial charge in [0, 0.05) is 42.6 Å². The number of methoxy groups -OCH3 is 8. The second-order valence-corrected chi connectivity index (χ2v) is 11.8. The van der Waals surface area contributed by atoms with E-state index in [9.17, 15) is 13.2 Å². The van der Waals surface area contributed by atoms with Crippen LogP contribution in [0.3, 0.4) is 0 Å². The average Bonchev–Trinajstić information content (AvgIpc) is 3.25. The lowest BCUT2D eigenvalue weighted by molar-refractivity contribution is -0.137. The molecule has 5 rings (SSSR count). The molecule has 0 unspecified atom stereocenters. The van der Waals surface area contributed by atoms with Crippen LogP contribution in [0.4, 0.5) is 13.2 Å².